The van der Waals surface area contributed by atoms with Gasteiger partial charge in [0.2, 0.25) is 5.91 Å². The number of rotatable bonds is 14. The van der Waals surface area contributed by atoms with E-state index in [9.17, 15) is 9.59 Å². The summed E-state index contributed by atoms with van der Waals surface area (Å²) in [6.07, 6.45) is 7.61. The summed E-state index contributed by atoms with van der Waals surface area (Å²) in [5.41, 5.74) is 3.13. The van der Waals surface area contributed by atoms with Gasteiger partial charge in [-0.25, -0.2) is 19.8 Å². The number of amides is 2. The minimum atomic E-state index is -0.723. The maximum absolute atomic E-state index is 13.5. The molecule has 1 aromatic carbocycles. The average Bonchev–Trinajstić information content (AvgIpc) is 2.97. The van der Waals surface area contributed by atoms with E-state index in [1.54, 1.807) is 55.8 Å². The fourth-order valence-corrected chi connectivity index (χ4v) is 3.46. The number of nitrogens with one attached hydrogen (secondary N) is 2. The molecule has 0 radical (unpaired) electrons. The highest BCUT2D eigenvalue weighted by atomic mass is 16.6. The van der Waals surface area contributed by atoms with Gasteiger partial charge in [-0.1, -0.05) is 37.8 Å². The van der Waals surface area contributed by atoms with Gasteiger partial charge in [-0.2, -0.15) is 0 Å². The Labute approximate surface area is 261 Å². The summed E-state index contributed by atoms with van der Waals surface area (Å²) in [7, 11) is 3.59. The molecule has 2 amide bonds. The molecule has 0 aliphatic carbocycles. The highest BCUT2D eigenvalue weighted by Gasteiger charge is 2.25. The Morgan fingerprint density at radius 1 is 1.16 bits per heavy atom. The fraction of sp³-hybridized carbons (Fsp3) is 0.364. The third kappa shape index (κ3) is 11.7. The van der Waals surface area contributed by atoms with Gasteiger partial charge in [0.25, 0.3) is 0 Å². The summed E-state index contributed by atoms with van der Waals surface area (Å²) in [5, 5.41) is 5.92. The molecule has 1 heterocycles. The van der Waals surface area contributed by atoms with Crippen LogP contribution in [0.2, 0.25) is 0 Å². The highest BCUT2D eigenvalue weighted by Crippen LogP contribution is 2.20. The minimum absolute atomic E-state index is 0.210. The summed E-state index contributed by atoms with van der Waals surface area (Å²) in [6.45, 7) is 18.9. The van der Waals surface area contributed by atoms with Gasteiger partial charge < -0.3 is 25.0 Å². The van der Waals surface area contributed by atoms with Gasteiger partial charge in [0.05, 0.1) is 12.9 Å². The average molecular weight is 604 g/mol. The number of hydrogen-bond donors (Lipinski definition) is 2. The number of allylic oxidation sites excluding steroid dienone is 2. The van der Waals surface area contributed by atoms with Gasteiger partial charge in [0.1, 0.15) is 11.4 Å². The zero-order valence-corrected chi connectivity index (χ0v) is 27.0. The van der Waals surface area contributed by atoms with E-state index in [1.807, 2.05) is 59.8 Å². The molecule has 1 aromatic heterocycles. The van der Waals surface area contributed by atoms with Crippen LogP contribution >= 0.6 is 0 Å². The molecule has 0 saturated carbocycles. The highest BCUT2D eigenvalue weighted by molar-refractivity contribution is 5.98. The number of nitrogens with zero attached hydrogens (tertiary/aromatic N) is 5. The summed E-state index contributed by atoms with van der Waals surface area (Å²) >= 11 is 0. The van der Waals surface area contributed by atoms with Crippen LogP contribution in [-0.4, -0.2) is 70.6 Å². The molecule has 0 aliphatic heterocycles. The molecule has 0 bridgehead atoms. The molecule has 0 aliphatic rings. The van der Waals surface area contributed by atoms with E-state index in [0.717, 1.165) is 22.5 Å². The monoisotopic (exact) mass is 603 g/mol. The number of benzene rings is 1. The first kappa shape index (κ1) is 35.3. The molecular formula is C33H45N7O4. The molecule has 44 heavy (non-hydrogen) atoms. The Bertz CT molecular complexity index is 1390. The number of ether oxygens (including phenoxy) is 2. The maximum atomic E-state index is 13.5. The zero-order chi connectivity index (χ0) is 32.9. The molecular weight excluding hydrogens is 558 g/mol. The first-order chi connectivity index (χ1) is 20.8. The predicted molar refractivity (Wildman–Crippen MR) is 176 cm³/mol. The van der Waals surface area contributed by atoms with E-state index in [4.69, 9.17) is 14.5 Å². The van der Waals surface area contributed by atoms with E-state index in [0.29, 0.717) is 17.9 Å². The molecule has 0 saturated heterocycles. The quantitative estimate of drug-likeness (QED) is 0.0684. The van der Waals surface area contributed by atoms with Crippen LogP contribution in [0.4, 0.5) is 10.5 Å². The van der Waals surface area contributed by atoms with Gasteiger partial charge >= 0.3 is 12.1 Å². The van der Waals surface area contributed by atoms with Gasteiger partial charge in [-0.15, -0.1) is 0 Å². The first-order valence-electron chi connectivity index (χ1n) is 14.3. The lowest BCUT2D eigenvalue weighted by molar-refractivity contribution is -0.111. The van der Waals surface area contributed by atoms with Crippen molar-refractivity contribution in [2.24, 2.45) is 4.99 Å². The van der Waals surface area contributed by atoms with Crippen LogP contribution in [0.5, 0.6) is 6.01 Å². The Morgan fingerprint density at radius 2 is 1.84 bits per heavy atom. The maximum Gasteiger partial charge on any atom is 0.416 e. The fourth-order valence-electron chi connectivity index (χ4n) is 3.46. The second-order valence-corrected chi connectivity index (χ2v) is 10.9. The zero-order valence-electron chi connectivity index (χ0n) is 27.0. The van der Waals surface area contributed by atoms with Gasteiger partial charge in [0, 0.05) is 37.4 Å². The molecule has 2 rings (SSSR count). The summed E-state index contributed by atoms with van der Waals surface area (Å²) in [6, 6.07) is 9.34. The molecule has 2 N–H and O–H groups in total. The molecule has 11 nitrogen and oxygen atoms in total. The van der Waals surface area contributed by atoms with Crippen molar-refractivity contribution in [3.05, 3.63) is 90.6 Å². The number of aromatic nitrogens is 2. The SMILES string of the molecule is C=CC(=O)Nc1ccc(/C(=C/C=C(/N=C\N(C)C(C)Oc2nccc(C)n2)N(CC(=C)CC)C(=O)OC(C)(C)C)NC)cc1. The van der Waals surface area contributed by atoms with Crippen molar-refractivity contribution in [2.45, 2.75) is 59.8 Å². The van der Waals surface area contributed by atoms with Gasteiger partial charge in [-0.3, -0.25) is 9.69 Å². The molecule has 11 heteroatoms. The van der Waals surface area contributed by atoms with Gasteiger partial charge in [0.15, 0.2) is 6.23 Å². The van der Waals surface area contributed by atoms with Crippen LogP contribution in [0.25, 0.3) is 5.70 Å². The lowest BCUT2D eigenvalue weighted by atomic mass is 10.1. The van der Waals surface area contributed by atoms with Crippen molar-refractivity contribution in [3.63, 3.8) is 0 Å². The third-order valence-electron chi connectivity index (χ3n) is 6.08. The third-order valence-corrected chi connectivity index (χ3v) is 6.08. The molecule has 0 spiro atoms. The van der Waals surface area contributed by atoms with Crippen LogP contribution in [0.1, 0.15) is 52.3 Å². The number of anilines is 1. The van der Waals surface area contributed by atoms with Crippen LogP contribution < -0.4 is 15.4 Å². The van der Waals surface area contributed by atoms with Crippen LogP contribution in [-0.2, 0) is 9.53 Å². The standard InChI is InChI=1S/C33H45N7O4/c1-11-23(3)21-40(32(42)44-33(6,7)8)29(36-22-39(10)25(5)43-31-35-20-19-24(4)37-31)18-17-28(34-9)26-13-15-27(16-14-26)38-30(41)12-2/h12-20,22,25,34H,2-3,11,21H2,1,4-10H3,(H,38,41)/b28-17-,29-18-,36-22-. The van der Waals surface area contributed by atoms with E-state index >= 15 is 0 Å². The van der Waals surface area contributed by atoms with Crippen molar-refractivity contribution in [2.75, 3.05) is 26.0 Å². The van der Waals surface area contributed by atoms with E-state index < -0.39 is 17.9 Å². The van der Waals surface area contributed by atoms with Crippen molar-refractivity contribution >= 4 is 29.7 Å². The van der Waals surface area contributed by atoms with Crippen molar-refractivity contribution in [3.8, 4) is 6.01 Å². The molecule has 1 atom stereocenters. The summed E-state index contributed by atoms with van der Waals surface area (Å²) < 4.78 is 11.6. The number of carbonyl (C=O) groups excluding carboxylic acids is 2. The van der Waals surface area contributed by atoms with Crippen LogP contribution in [0, 0.1) is 6.92 Å². The first-order valence-corrected chi connectivity index (χ1v) is 14.3. The van der Waals surface area contributed by atoms with Gasteiger partial charge in [-0.05, 0) is 83.0 Å². The molecule has 1 unspecified atom stereocenters. The van der Waals surface area contributed by atoms with Crippen molar-refractivity contribution in [1.82, 2.24) is 25.1 Å². The van der Waals surface area contributed by atoms with E-state index in [-0.39, 0.29) is 18.5 Å². The normalized spacial score (nSPS) is 12.7. The summed E-state index contributed by atoms with van der Waals surface area (Å²) in [4.78, 5) is 41.4. The summed E-state index contributed by atoms with van der Waals surface area (Å²) in [5.74, 6) is 0.0295. The number of hydrogen-bond acceptors (Lipinski definition) is 8. The van der Waals surface area contributed by atoms with Crippen LogP contribution in [0.15, 0.2) is 84.3 Å². The lowest BCUT2D eigenvalue weighted by Crippen LogP contribution is -2.38. The Balaban J connectivity index is 2.51. The Kier molecular flexibility index (Phi) is 13.3. The molecule has 0 fully saturated rings. The second-order valence-electron chi connectivity index (χ2n) is 10.9. The number of aliphatic imine (C=N–C) groups is 1. The van der Waals surface area contributed by atoms with E-state index in [1.165, 1.54) is 11.0 Å². The Hall–Kier alpha value is -4.93. The second kappa shape index (κ2) is 16.6. The van der Waals surface area contributed by atoms with Crippen molar-refractivity contribution in [1.29, 1.82) is 0 Å². The largest absolute Gasteiger partial charge is 0.443 e. The smallest absolute Gasteiger partial charge is 0.416 e. The van der Waals surface area contributed by atoms with Crippen molar-refractivity contribution < 1.29 is 19.1 Å². The number of carbonyl (C=O) groups is 2. The lowest BCUT2D eigenvalue weighted by Gasteiger charge is -2.28. The molecule has 2 aromatic rings. The topological polar surface area (TPSA) is 121 Å². The minimum Gasteiger partial charge on any atom is -0.443 e. The van der Waals surface area contributed by atoms with E-state index in [2.05, 4.69) is 33.8 Å². The van der Waals surface area contributed by atoms with Crippen LogP contribution in [0.3, 0.4) is 0 Å². The molecule has 236 valence electrons. The number of aryl methyl sites for hydroxylation is 1. The predicted octanol–water partition coefficient (Wildman–Crippen LogP) is 5.90. The Morgan fingerprint density at radius 3 is 2.41 bits per heavy atom.